The van der Waals surface area contributed by atoms with Crippen LogP contribution in [-0.4, -0.2) is 23.8 Å². The second kappa shape index (κ2) is 5.36. The van der Waals surface area contributed by atoms with Crippen LogP contribution in [0, 0.1) is 0 Å². The summed E-state index contributed by atoms with van der Waals surface area (Å²) in [6.45, 7) is 0.475. The maximum Gasteiger partial charge on any atom is 0.326 e. The van der Waals surface area contributed by atoms with Gasteiger partial charge < -0.3 is 14.5 Å². The van der Waals surface area contributed by atoms with Crippen molar-refractivity contribution in [2.24, 2.45) is 0 Å². The molecule has 0 bridgehead atoms. The zero-order valence-corrected chi connectivity index (χ0v) is 11.9. The lowest BCUT2D eigenvalue weighted by Gasteiger charge is -2.08. The van der Waals surface area contributed by atoms with Crippen molar-refractivity contribution < 1.29 is 9.47 Å². The summed E-state index contributed by atoms with van der Waals surface area (Å²) in [7, 11) is 3.23. The number of ether oxygens (including phenoxy) is 2. The number of H-pyrrole nitrogens is 1. The summed E-state index contributed by atoms with van der Waals surface area (Å²) in [6.07, 6.45) is 0. The second-order valence-electron chi connectivity index (χ2n) is 4.72. The summed E-state index contributed by atoms with van der Waals surface area (Å²) in [4.78, 5) is 15.0. The zero-order chi connectivity index (χ0) is 14.8. The van der Waals surface area contributed by atoms with Crippen LogP contribution in [0.25, 0.3) is 11.0 Å². The van der Waals surface area contributed by atoms with Gasteiger partial charge in [-0.05, 0) is 29.8 Å². The van der Waals surface area contributed by atoms with Crippen molar-refractivity contribution in [1.82, 2.24) is 9.55 Å². The number of para-hydroxylation sites is 1. The monoisotopic (exact) mass is 284 g/mol. The van der Waals surface area contributed by atoms with E-state index < -0.39 is 0 Å². The summed E-state index contributed by atoms with van der Waals surface area (Å²) in [5, 5.41) is 0. The fourth-order valence-corrected chi connectivity index (χ4v) is 2.41. The van der Waals surface area contributed by atoms with E-state index in [4.69, 9.17) is 9.47 Å². The normalized spacial score (nSPS) is 10.8. The number of methoxy groups -OCH3 is 2. The highest BCUT2D eigenvalue weighted by Gasteiger charge is 2.11. The Hall–Kier alpha value is -2.69. The van der Waals surface area contributed by atoms with Crippen LogP contribution in [-0.2, 0) is 6.54 Å². The molecule has 0 spiro atoms. The van der Waals surface area contributed by atoms with Crippen molar-refractivity contribution >= 4 is 11.0 Å². The summed E-state index contributed by atoms with van der Waals surface area (Å²) in [6, 6.07) is 13.2. The molecule has 108 valence electrons. The predicted molar refractivity (Wildman–Crippen MR) is 81.2 cm³/mol. The number of benzene rings is 2. The molecule has 0 fully saturated rings. The molecule has 3 aromatic rings. The Morgan fingerprint density at radius 3 is 2.48 bits per heavy atom. The third-order valence-electron chi connectivity index (χ3n) is 3.48. The van der Waals surface area contributed by atoms with Gasteiger partial charge in [0.05, 0.1) is 26.3 Å². The molecule has 21 heavy (non-hydrogen) atoms. The van der Waals surface area contributed by atoms with Crippen LogP contribution >= 0.6 is 0 Å². The fraction of sp³-hybridized carbons (Fsp3) is 0.188. The highest BCUT2D eigenvalue weighted by atomic mass is 16.5. The summed E-state index contributed by atoms with van der Waals surface area (Å²) >= 11 is 0. The highest BCUT2D eigenvalue weighted by Crippen LogP contribution is 2.23. The topological polar surface area (TPSA) is 56.2 Å². The Balaban J connectivity index is 2.07. The van der Waals surface area contributed by atoms with Gasteiger partial charge in [-0.1, -0.05) is 18.2 Å². The lowest BCUT2D eigenvalue weighted by atomic mass is 10.2. The summed E-state index contributed by atoms with van der Waals surface area (Å²) in [5.41, 5.74) is 2.42. The van der Waals surface area contributed by atoms with Crippen LogP contribution in [0.2, 0.25) is 0 Å². The van der Waals surface area contributed by atoms with E-state index in [-0.39, 0.29) is 5.69 Å². The van der Waals surface area contributed by atoms with Gasteiger partial charge >= 0.3 is 5.69 Å². The SMILES string of the molecule is COc1ccc(Cn2c(=O)[nH]c3cccc(OC)c32)cc1. The Bertz CT molecular complexity index is 816. The number of rotatable bonds is 4. The number of imidazole rings is 1. The second-order valence-corrected chi connectivity index (χ2v) is 4.72. The van der Waals surface area contributed by atoms with Crippen molar-refractivity contribution in [3.63, 3.8) is 0 Å². The van der Waals surface area contributed by atoms with E-state index in [0.717, 1.165) is 22.3 Å². The van der Waals surface area contributed by atoms with E-state index in [9.17, 15) is 4.79 Å². The Morgan fingerprint density at radius 2 is 1.81 bits per heavy atom. The van der Waals surface area contributed by atoms with Crippen molar-refractivity contribution in [3.8, 4) is 11.5 Å². The Morgan fingerprint density at radius 1 is 1.05 bits per heavy atom. The molecule has 1 aromatic heterocycles. The van der Waals surface area contributed by atoms with Crippen molar-refractivity contribution in [2.75, 3.05) is 14.2 Å². The molecule has 5 heteroatoms. The summed E-state index contributed by atoms with van der Waals surface area (Å²) < 4.78 is 12.2. The minimum Gasteiger partial charge on any atom is -0.497 e. The molecule has 1 N–H and O–H groups in total. The molecule has 3 rings (SSSR count). The third-order valence-corrected chi connectivity index (χ3v) is 3.48. The number of nitrogens with zero attached hydrogens (tertiary/aromatic N) is 1. The molecular weight excluding hydrogens is 268 g/mol. The number of nitrogens with one attached hydrogen (secondary N) is 1. The first kappa shape index (κ1) is 13.3. The van der Waals surface area contributed by atoms with E-state index in [0.29, 0.717) is 12.3 Å². The Labute approximate surface area is 121 Å². The van der Waals surface area contributed by atoms with E-state index in [2.05, 4.69) is 4.98 Å². The van der Waals surface area contributed by atoms with Crippen molar-refractivity contribution in [2.45, 2.75) is 6.54 Å². The van der Waals surface area contributed by atoms with Gasteiger partial charge in [0.15, 0.2) is 0 Å². The van der Waals surface area contributed by atoms with Gasteiger partial charge in [-0.15, -0.1) is 0 Å². The standard InChI is InChI=1S/C16H16N2O3/c1-20-12-8-6-11(7-9-12)10-18-15-13(17-16(18)19)4-3-5-14(15)21-2/h3-9H,10H2,1-2H3,(H,17,19). The highest BCUT2D eigenvalue weighted by molar-refractivity contribution is 5.82. The van der Waals surface area contributed by atoms with Crippen LogP contribution in [0.1, 0.15) is 5.56 Å². The zero-order valence-electron chi connectivity index (χ0n) is 11.9. The minimum atomic E-state index is -0.148. The van der Waals surface area contributed by atoms with E-state index in [1.165, 1.54) is 0 Å². The first-order valence-electron chi connectivity index (χ1n) is 6.61. The quantitative estimate of drug-likeness (QED) is 0.800. The van der Waals surface area contributed by atoms with Crippen LogP contribution in [0.3, 0.4) is 0 Å². The Kier molecular flexibility index (Phi) is 3.39. The molecule has 0 saturated heterocycles. The molecule has 0 saturated carbocycles. The number of aromatic nitrogens is 2. The van der Waals surface area contributed by atoms with Gasteiger partial charge in [0.25, 0.3) is 0 Å². The molecule has 0 unspecified atom stereocenters. The molecule has 2 aromatic carbocycles. The molecule has 0 aliphatic rings. The molecule has 0 amide bonds. The lowest BCUT2D eigenvalue weighted by Crippen LogP contribution is -2.17. The molecule has 0 atom stereocenters. The smallest absolute Gasteiger partial charge is 0.326 e. The summed E-state index contributed by atoms with van der Waals surface area (Å²) in [5.74, 6) is 1.47. The number of hydrogen-bond acceptors (Lipinski definition) is 3. The van der Waals surface area contributed by atoms with Crippen molar-refractivity contribution in [3.05, 3.63) is 58.5 Å². The van der Waals surface area contributed by atoms with E-state index in [1.54, 1.807) is 18.8 Å². The van der Waals surface area contributed by atoms with Crippen LogP contribution in [0.5, 0.6) is 11.5 Å². The number of hydrogen-bond donors (Lipinski definition) is 1. The van der Waals surface area contributed by atoms with Crippen LogP contribution in [0.4, 0.5) is 0 Å². The first-order chi connectivity index (χ1) is 10.2. The van der Waals surface area contributed by atoms with Crippen molar-refractivity contribution in [1.29, 1.82) is 0 Å². The van der Waals surface area contributed by atoms with Gasteiger partial charge in [-0.25, -0.2) is 4.79 Å². The van der Waals surface area contributed by atoms with E-state index >= 15 is 0 Å². The van der Waals surface area contributed by atoms with Crippen LogP contribution in [0.15, 0.2) is 47.3 Å². The number of aromatic amines is 1. The predicted octanol–water partition coefficient (Wildman–Crippen LogP) is 2.40. The molecular formula is C16H16N2O3. The maximum absolute atomic E-state index is 12.2. The molecule has 1 heterocycles. The van der Waals surface area contributed by atoms with Gasteiger partial charge in [0, 0.05) is 0 Å². The fourth-order valence-electron chi connectivity index (χ4n) is 2.41. The maximum atomic E-state index is 12.2. The molecule has 0 aliphatic carbocycles. The lowest BCUT2D eigenvalue weighted by molar-refractivity contribution is 0.414. The van der Waals surface area contributed by atoms with Crippen LogP contribution < -0.4 is 15.2 Å². The van der Waals surface area contributed by atoms with Gasteiger partial charge in [-0.2, -0.15) is 0 Å². The van der Waals surface area contributed by atoms with Gasteiger partial charge in [0.1, 0.15) is 17.0 Å². The molecule has 0 radical (unpaired) electrons. The minimum absolute atomic E-state index is 0.148. The molecule has 5 nitrogen and oxygen atoms in total. The average molecular weight is 284 g/mol. The first-order valence-corrected chi connectivity index (χ1v) is 6.61. The number of fused-ring (bicyclic) bond motifs is 1. The largest absolute Gasteiger partial charge is 0.497 e. The van der Waals surface area contributed by atoms with E-state index in [1.807, 2.05) is 42.5 Å². The van der Waals surface area contributed by atoms with Gasteiger partial charge in [-0.3, -0.25) is 4.57 Å². The molecule has 0 aliphatic heterocycles. The average Bonchev–Trinajstić information content (AvgIpc) is 2.84. The van der Waals surface area contributed by atoms with Gasteiger partial charge in [0.2, 0.25) is 0 Å². The third kappa shape index (κ3) is 2.38.